The number of aromatic nitrogens is 2. The quantitative estimate of drug-likeness (QED) is 0.512. The highest BCUT2D eigenvalue weighted by Gasteiger charge is 2.18. The molecule has 0 saturated carbocycles. The summed E-state index contributed by atoms with van der Waals surface area (Å²) in [4.78, 5) is 20.6. The highest BCUT2D eigenvalue weighted by atomic mass is 32.2. The van der Waals surface area contributed by atoms with Crippen molar-refractivity contribution in [3.8, 4) is 0 Å². The van der Waals surface area contributed by atoms with Crippen molar-refractivity contribution in [1.82, 2.24) is 9.97 Å². The molecule has 1 atom stereocenters. The smallest absolute Gasteiger partial charge is 0.192 e. The average Bonchev–Trinajstić information content (AvgIpc) is 2.39. The molecular formula is C15H18N4OS. The zero-order valence-electron chi connectivity index (χ0n) is 12.3. The number of carbonyl (C=O) groups excluding carboxylic acids is 1. The van der Waals surface area contributed by atoms with Gasteiger partial charge >= 0.3 is 0 Å². The molecule has 0 amide bonds. The van der Waals surface area contributed by atoms with Gasteiger partial charge in [-0.15, -0.1) is 0 Å². The van der Waals surface area contributed by atoms with E-state index in [9.17, 15) is 4.79 Å². The molecule has 2 aromatic rings. The molecule has 110 valence electrons. The van der Waals surface area contributed by atoms with Crippen LogP contribution in [0.5, 0.6) is 0 Å². The van der Waals surface area contributed by atoms with Crippen molar-refractivity contribution in [1.29, 1.82) is 0 Å². The lowest BCUT2D eigenvalue weighted by Crippen LogP contribution is -2.14. The van der Waals surface area contributed by atoms with E-state index in [1.165, 1.54) is 23.4 Å². The SMILES string of the molecule is Cc1ccc(C(=O)C(C)Sc2nc(N)cc(N)n2)cc1C. The molecule has 1 unspecified atom stereocenters. The molecule has 0 aliphatic rings. The number of thioether (sulfide) groups is 1. The Kier molecular flexibility index (Phi) is 4.47. The minimum Gasteiger partial charge on any atom is -0.383 e. The molecule has 0 aliphatic heterocycles. The highest BCUT2D eigenvalue weighted by molar-refractivity contribution is 8.00. The maximum absolute atomic E-state index is 12.4. The summed E-state index contributed by atoms with van der Waals surface area (Å²) in [6.07, 6.45) is 0. The molecule has 5 nitrogen and oxygen atoms in total. The lowest BCUT2D eigenvalue weighted by molar-refractivity contribution is 0.0994. The van der Waals surface area contributed by atoms with E-state index in [1.54, 1.807) is 0 Å². The summed E-state index contributed by atoms with van der Waals surface area (Å²) < 4.78 is 0. The summed E-state index contributed by atoms with van der Waals surface area (Å²) in [7, 11) is 0. The standard InChI is InChI=1S/C15H18N4OS/c1-8-4-5-11(6-9(8)2)14(20)10(3)21-15-18-12(16)7-13(17)19-15/h4-7,10H,1-3H3,(H4,16,17,18,19). The third-order valence-electron chi connectivity index (χ3n) is 3.19. The minimum atomic E-state index is -0.312. The molecule has 6 heteroatoms. The van der Waals surface area contributed by atoms with Crippen LogP contribution in [0.15, 0.2) is 29.4 Å². The number of Topliss-reactive ketones (excluding diaryl/α,β-unsaturated/α-hetero) is 1. The molecule has 0 spiro atoms. The molecule has 1 aromatic carbocycles. The summed E-state index contributed by atoms with van der Waals surface area (Å²) in [5.41, 5.74) is 14.2. The summed E-state index contributed by atoms with van der Waals surface area (Å²) in [5.74, 6) is 0.638. The van der Waals surface area contributed by atoms with Crippen LogP contribution >= 0.6 is 11.8 Å². The number of carbonyl (C=O) groups is 1. The number of hydrogen-bond acceptors (Lipinski definition) is 6. The van der Waals surface area contributed by atoms with Crippen molar-refractivity contribution in [3.05, 3.63) is 41.0 Å². The van der Waals surface area contributed by atoms with E-state index in [-0.39, 0.29) is 11.0 Å². The van der Waals surface area contributed by atoms with Crippen LogP contribution in [0.1, 0.15) is 28.4 Å². The number of nitrogens with zero attached hydrogens (tertiary/aromatic N) is 2. The summed E-state index contributed by atoms with van der Waals surface area (Å²) in [6.45, 7) is 5.84. The van der Waals surface area contributed by atoms with Gasteiger partial charge in [0, 0.05) is 11.6 Å². The second-order valence-electron chi connectivity index (χ2n) is 4.92. The molecule has 1 aromatic heterocycles. The molecule has 1 heterocycles. The molecule has 0 bridgehead atoms. The second kappa shape index (κ2) is 6.13. The summed E-state index contributed by atoms with van der Waals surface area (Å²) in [5, 5.41) is 0.102. The topological polar surface area (TPSA) is 94.9 Å². The van der Waals surface area contributed by atoms with Crippen LogP contribution in [0.3, 0.4) is 0 Å². The second-order valence-corrected chi connectivity index (χ2v) is 6.23. The van der Waals surface area contributed by atoms with Gasteiger partial charge in [0.15, 0.2) is 10.9 Å². The number of anilines is 2. The average molecular weight is 302 g/mol. The third-order valence-corrected chi connectivity index (χ3v) is 4.15. The molecule has 0 saturated heterocycles. The number of ketones is 1. The molecule has 2 rings (SSSR count). The number of benzene rings is 1. The van der Waals surface area contributed by atoms with Crippen molar-refractivity contribution >= 4 is 29.2 Å². The van der Waals surface area contributed by atoms with Gasteiger partial charge in [0.25, 0.3) is 0 Å². The van der Waals surface area contributed by atoms with Crippen LogP contribution < -0.4 is 11.5 Å². The summed E-state index contributed by atoms with van der Waals surface area (Å²) in [6, 6.07) is 7.19. The van der Waals surface area contributed by atoms with Gasteiger partial charge in [0.2, 0.25) is 0 Å². The lowest BCUT2D eigenvalue weighted by atomic mass is 10.0. The first kappa shape index (κ1) is 15.3. The predicted molar refractivity (Wildman–Crippen MR) is 86.4 cm³/mol. The fraction of sp³-hybridized carbons (Fsp3) is 0.267. The van der Waals surface area contributed by atoms with Crippen LogP contribution in [0.25, 0.3) is 0 Å². The summed E-state index contributed by atoms with van der Waals surface area (Å²) >= 11 is 1.25. The Hall–Kier alpha value is -2.08. The number of nitrogens with two attached hydrogens (primary N) is 2. The fourth-order valence-corrected chi connectivity index (χ4v) is 2.73. The van der Waals surface area contributed by atoms with Gasteiger partial charge in [-0.2, -0.15) is 0 Å². The van der Waals surface area contributed by atoms with Crippen molar-refractivity contribution in [2.45, 2.75) is 31.2 Å². The highest BCUT2D eigenvalue weighted by Crippen LogP contribution is 2.24. The van der Waals surface area contributed by atoms with Crippen molar-refractivity contribution in [3.63, 3.8) is 0 Å². The molecule has 0 aliphatic carbocycles. The molecular weight excluding hydrogens is 284 g/mol. The van der Waals surface area contributed by atoms with Crippen molar-refractivity contribution < 1.29 is 4.79 Å². The Labute approximate surface area is 128 Å². The van der Waals surface area contributed by atoms with E-state index < -0.39 is 0 Å². The van der Waals surface area contributed by atoms with E-state index in [0.717, 1.165) is 5.56 Å². The Morgan fingerprint density at radius 1 is 1.10 bits per heavy atom. The third kappa shape index (κ3) is 3.72. The van der Waals surface area contributed by atoms with Gasteiger partial charge in [-0.3, -0.25) is 4.79 Å². The zero-order valence-corrected chi connectivity index (χ0v) is 13.1. The van der Waals surface area contributed by atoms with Gasteiger partial charge in [-0.1, -0.05) is 23.9 Å². The molecule has 0 radical (unpaired) electrons. The van der Waals surface area contributed by atoms with Gasteiger partial charge in [0.1, 0.15) is 11.6 Å². The van der Waals surface area contributed by atoms with Gasteiger partial charge in [-0.25, -0.2) is 9.97 Å². The van der Waals surface area contributed by atoms with E-state index in [0.29, 0.717) is 22.4 Å². The first-order chi connectivity index (χ1) is 9.86. The normalized spacial score (nSPS) is 12.1. The number of rotatable bonds is 4. The van der Waals surface area contributed by atoms with E-state index in [1.807, 2.05) is 39.0 Å². The van der Waals surface area contributed by atoms with Gasteiger partial charge < -0.3 is 11.5 Å². The Morgan fingerprint density at radius 2 is 1.71 bits per heavy atom. The predicted octanol–water partition coefficient (Wildman–Crippen LogP) is 2.62. The number of aryl methyl sites for hydroxylation is 2. The first-order valence-corrected chi connectivity index (χ1v) is 7.43. The van der Waals surface area contributed by atoms with Crippen LogP contribution in [0.4, 0.5) is 11.6 Å². The van der Waals surface area contributed by atoms with Gasteiger partial charge in [0.05, 0.1) is 5.25 Å². The van der Waals surface area contributed by atoms with Crippen LogP contribution in [0, 0.1) is 13.8 Å². The van der Waals surface area contributed by atoms with Crippen LogP contribution in [0.2, 0.25) is 0 Å². The maximum Gasteiger partial charge on any atom is 0.192 e. The number of nitrogen functional groups attached to an aromatic ring is 2. The minimum absolute atomic E-state index is 0.0349. The van der Waals surface area contributed by atoms with Gasteiger partial charge in [-0.05, 0) is 38.0 Å². The molecule has 21 heavy (non-hydrogen) atoms. The number of hydrogen-bond donors (Lipinski definition) is 2. The Bertz CT molecular complexity index is 667. The zero-order chi connectivity index (χ0) is 15.6. The monoisotopic (exact) mass is 302 g/mol. The lowest BCUT2D eigenvalue weighted by Gasteiger charge is -2.11. The molecule has 4 N–H and O–H groups in total. The Morgan fingerprint density at radius 3 is 2.29 bits per heavy atom. The van der Waals surface area contributed by atoms with E-state index in [4.69, 9.17) is 11.5 Å². The van der Waals surface area contributed by atoms with E-state index >= 15 is 0 Å². The van der Waals surface area contributed by atoms with Crippen molar-refractivity contribution in [2.75, 3.05) is 11.5 Å². The van der Waals surface area contributed by atoms with Crippen molar-refractivity contribution in [2.24, 2.45) is 0 Å². The van der Waals surface area contributed by atoms with Crippen LogP contribution in [-0.4, -0.2) is 21.0 Å². The van der Waals surface area contributed by atoms with Crippen LogP contribution in [-0.2, 0) is 0 Å². The first-order valence-electron chi connectivity index (χ1n) is 6.55. The molecule has 0 fully saturated rings. The Balaban J connectivity index is 2.17. The maximum atomic E-state index is 12.4. The van der Waals surface area contributed by atoms with E-state index in [2.05, 4.69) is 9.97 Å². The largest absolute Gasteiger partial charge is 0.383 e. The fourth-order valence-electron chi connectivity index (χ4n) is 1.86.